The van der Waals surface area contributed by atoms with Crippen LogP contribution in [0.25, 0.3) is 0 Å². The summed E-state index contributed by atoms with van der Waals surface area (Å²) in [6.45, 7) is 1.22. The average Bonchev–Trinajstić information content (AvgIpc) is 3.11. The van der Waals surface area contributed by atoms with Gasteiger partial charge in [0.2, 0.25) is 11.8 Å². The fraction of sp³-hybridized carbons (Fsp3) is 0.158. The molecule has 5 aromatic rings. The summed E-state index contributed by atoms with van der Waals surface area (Å²) in [6.07, 6.45) is 0.184. The molecule has 1 N–H and O–H groups in total. The van der Waals surface area contributed by atoms with Crippen LogP contribution in [-0.4, -0.2) is 44.8 Å². The molecule has 0 bridgehead atoms. The maximum Gasteiger partial charge on any atom is 0.264 e. The van der Waals surface area contributed by atoms with Crippen molar-refractivity contribution in [3.63, 3.8) is 0 Å². The van der Waals surface area contributed by atoms with Gasteiger partial charge in [0.25, 0.3) is 10.0 Å². The number of carbonyl (C=O) groups excluding carboxylic acids is 2. The highest BCUT2D eigenvalue weighted by Crippen LogP contribution is 2.30. The standard InChI is InChI=1S/C38H35Cl2N3O5S/c1-27-13-20-33(21-14-27)49(46,47)43(30-16-18-32(19-17-30)48-31-11-7-4-8-12-31)26-37(44)42(25-29-15-22-34(39)35(40)23-29)36(38(45)41-2)24-28-9-5-3-6-10-28/h3-23,36H,24-26H2,1-2H3,(H,41,45). The lowest BCUT2D eigenvalue weighted by Crippen LogP contribution is -2.53. The van der Waals surface area contributed by atoms with Crippen molar-refractivity contribution in [1.82, 2.24) is 10.2 Å². The van der Waals surface area contributed by atoms with Crippen molar-refractivity contribution in [2.75, 3.05) is 17.9 Å². The zero-order valence-corrected chi connectivity index (χ0v) is 29.3. The van der Waals surface area contributed by atoms with Crippen LogP contribution in [0.4, 0.5) is 5.69 Å². The van der Waals surface area contributed by atoms with Crippen LogP contribution < -0.4 is 14.4 Å². The Kier molecular flexibility index (Phi) is 11.6. The van der Waals surface area contributed by atoms with Gasteiger partial charge < -0.3 is 15.0 Å². The van der Waals surface area contributed by atoms with Crippen molar-refractivity contribution < 1.29 is 22.7 Å². The highest BCUT2D eigenvalue weighted by molar-refractivity contribution is 7.92. The van der Waals surface area contributed by atoms with Crippen molar-refractivity contribution in [2.24, 2.45) is 0 Å². The van der Waals surface area contributed by atoms with Gasteiger partial charge in [-0.15, -0.1) is 0 Å². The average molecular weight is 717 g/mol. The van der Waals surface area contributed by atoms with Crippen LogP contribution in [0.5, 0.6) is 11.5 Å². The molecule has 1 atom stereocenters. The Bertz CT molecular complexity index is 1990. The maximum absolute atomic E-state index is 14.5. The molecule has 0 radical (unpaired) electrons. The second-order valence-corrected chi connectivity index (χ2v) is 14.0. The molecule has 0 aliphatic heterocycles. The SMILES string of the molecule is CNC(=O)C(Cc1ccccc1)N(Cc1ccc(Cl)c(Cl)c1)C(=O)CN(c1ccc(Oc2ccccc2)cc1)S(=O)(=O)c1ccc(C)cc1. The van der Waals surface area contributed by atoms with Gasteiger partial charge in [-0.3, -0.25) is 13.9 Å². The minimum absolute atomic E-state index is 0.0127. The third kappa shape index (κ3) is 9.00. The van der Waals surface area contributed by atoms with E-state index < -0.39 is 34.4 Å². The molecule has 0 aromatic heterocycles. The highest BCUT2D eigenvalue weighted by atomic mass is 35.5. The van der Waals surface area contributed by atoms with Gasteiger partial charge in [-0.25, -0.2) is 8.42 Å². The normalized spacial score (nSPS) is 11.8. The van der Waals surface area contributed by atoms with Crippen LogP contribution in [0.2, 0.25) is 10.0 Å². The number of carbonyl (C=O) groups is 2. The van der Waals surface area contributed by atoms with Gasteiger partial charge in [0, 0.05) is 20.0 Å². The number of rotatable bonds is 13. The topological polar surface area (TPSA) is 96.0 Å². The molecule has 11 heteroatoms. The Morgan fingerprint density at radius 2 is 1.37 bits per heavy atom. The lowest BCUT2D eigenvalue weighted by atomic mass is 10.0. The third-order valence-corrected chi connectivity index (χ3v) is 10.4. The number of aryl methyl sites for hydroxylation is 1. The first kappa shape index (κ1) is 35.5. The number of halogens is 2. The number of hydrogen-bond acceptors (Lipinski definition) is 5. The van der Waals surface area contributed by atoms with Gasteiger partial charge >= 0.3 is 0 Å². The van der Waals surface area contributed by atoms with Crippen molar-refractivity contribution in [2.45, 2.75) is 30.8 Å². The van der Waals surface area contributed by atoms with Gasteiger partial charge in [0.15, 0.2) is 0 Å². The summed E-state index contributed by atoms with van der Waals surface area (Å²) in [5, 5.41) is 3.30. The summed E-state index contributed by atoms with van der Waals surface area (Å²) in [5.41, 5.74) is 2.55. The predicted molar refractivity (Wildman–Crippen MR) is 194 cm³/mol. The number of nitrogens with one attached hydrogen (secondary N) is 1. The first-order chi connectivity index (χ1) is 23.5. The minimum atomic E-state index is -4.26. The number of anilines is 1. The third-order valence-electron chi connectivity index (χ3n) is 7.85. The number of nitrogens with zero attached hydrogens (tertiary/aromatic N) is 2. The first-order valence-corrected chi connectivity index (χ1v) is 17.7. The lowest BCUT2D eigenvalue weighted by Gasteiger charge is -2.33. The van der Waals surface area contributed by atoms with E-state index in [9.17, 15) is 18.0 Å². The van der Waals surface area contributed by atoms with E-state index >= 15 is 0 Å². The van der Waals surface area contributed by atoms with Gasteiger partial charge in [0.1, 0.15) is 24.1 Å². The first-order valence-electron chi connectivity index (χ1n) is 15.5. The van der Waals surface area contributed by atoms with Crippen LogP contribution in [0.3, 0.4) is 0 Å². The summed E-state index contributed by atoms with van der Waals surface area (Å²) in [4.78, 5) is 29.4. The fourth-order valence-electron chi connectivity index (χ4n) is 5.23. The van der Waals surface area contributed by atoms with E-state index in [4.69, 9.17) is 27.9 Å². The molecule has 2 amide bonds. The van der Waals surface area contributed by atoms with E-state index in [0.29, 0.717) is 22.1 Å². The second kappa shape index (κ2) is 16.0. The number of hydrogen-bond donors (Lipinski definition) is 1. The van der Waals surface area contributed by atoms with E-state index in [2.05, 4.69) is 5.32 Å². The van der Waals surface area contributed by atoms with Gasteiger partial charge in [-0.2, -0.15) is 0 Å². The number of para-hydroxylation sites is 1. The zero-order valence-electron chi connectivity index (χ0n) is 26.9. The Labute approximate surface area is 296 Å². The Morgan fingerprint density at radius 3 is 1.98 bits per heavy atom. The largest absolute Gasteiger partial charge is 0.457 e. The molecular formula is C38H35Cl2N3O5S. The van der Waals surface area contributed by atoms with Crippen molar-refractivity contribution >= 4 is 50.7 Å². The summed E-state index contributed by atoms with van der Waals surface area (Å²) >= 11 is 12.5. The van der Waals surface area contributed by atoms with Crippen LogP contribution >= 0.6 is 23.2 Å². The quantitative estimate of drug-likeness (QED) is 0.135. The fourth-order valence-corrected chi connectivity index (χ4v) is 6.96. The van der Waals surface area contributed by atoms with Gasteiger partial charge in [0.05, 0.1) is 20.6 Å². The van der Waals surface area contributed by atoms with Crippen molar-refractivity contribution in [3.8, 4) is 11.5 Å². The number of ether oxygens (including phenoxy) is 1. The Morgan fingerprint density at radius 1 is 0.755 bits per heavy atom. The smallest absolute Gasteiger partial charge is 0.264 e. The monoisotopic (exact) mass is 715 g/mol. The number of sulfonamides is 1. The molecule has 8 nitrogen and oxygen atoms in total. The molecule has 0 fully saturated rings. The minimum Gasteiger partial charge on any atom is -0.457 e. The van der Waals surface area contributed by atoms with Crippen LogP contribution in [-0.2, 0) is 32.6 Å². The molecule has 0 aliphatic rings. The van der Waals surface area contributed by atoms with Gasteiger partial charge in [-0.05, 0) is 78.7 Å². The van der Waals surface area contributed by atoms with Crippen LogP contribution in [0.1, 0.15) is 16.7 Å². The van der Waals surface area contributed by atoms with E-state index in [-0.39, 0.29) is 28.6 Å². The van der Waals surface area contributed by atoms with Crippen LogP contribution in [0, 0.1) is 6.92 Å². The summed E-state index contributed by atoms with van der Waals surface area (Å²) in [7, 11) is -2.77. The van der Waals surface area contributed by atoms with Crippen LogP contribution in [0.15, 0.2) is 132 Å². The van der Waals surface area contributed by atoms with Gasteiger partial charge in [-0.1, -0.05) is 95.5 Å². The molecule has 0 saturated carbocycles. The molecule has 252 valence electrons. The molecule has 5 rings (SSSR count). The molecular weight excluding hydrogens is 681 g/mol. The summed E-state index contributed by atoms with van der Waals surface area (Å²) < 4.78 is 35.5. The van der Waals surface area contributed by atoms with E-state index in [1.54, 1.807) is 54.6 Å². The molecule has 0 aliphatic carbocycles. The molecule has 49 heavy (non-hydrogen) atoms. The van der Waals surface area contributed by atoms with Crippen molar-refractivity contribution in [1.29, 1.82) is 0 Å². The van der Waals surface area contributed by atoms with E-state index in [0.717, 1.165) is 15.4 Å². The predicted octanol–water partition coefficient (Wildman–Crippen LogP) is 7.68. The number of amides is 2. The maximum atomic E-state index is 14.5. The molecule has 5 aromatic carbocycles. The Balaban J connectivity index is 1.55. The molecule has 1 unspecified atom stereocenters. The van der Waals surface area contributed by atoms with E-state index in [1.807, 2.05) is 67.6 Å². The second-order valence-electron chi connectivity index (χ2n) is 11.3. The van der Waals surface area contributed by atoms with Crippen molar-refractivity contribution in [3.05, 3.63) is 154 Å². The number of likely N-dealkylation sites (N-methyl/N-ethyl adjacent to an activating group) is 1. The summed E-state index contributed by atoms with van der Waals surface area (Å²) in [6, 6.07) is 35.3. The molecule has 0 spiro atoms. The zero-order chi connectivity index (χ0) is 35.0. The van der Waals surface area contributed by atoms with E-state index in [1.165, 1.54) is 24.1 Å². The molecule has 0 heterocycles. The molecule has 0 saturated heterocycles. The Hall–Kier alpha value is -4.83. The highest BCUT2D eigenvalue weighted by Gasteiger charge is 2.34. The lowest BCUT2D eigenvalue weighted by molar-refractivity contribution is -0.139. The number of benzene rings is 5. The summed E-state index contributed by atoms with van der Waals surface area (Å²) in [5.74, 6) is 0.0902.